The van der Waals surface area contributed by atoms with Crippen molar-refractivity contribution < 1.29 is 4.79 Å². The van der Waals surface area contributed by atoms with Crippen LogP contribution in [-0.4, -0.2) is 31.4 Å². The SMILES string of the molecule is Cc1ccccc1NCc1nnc(SCCC(=O)Nc2ccccn2)n1-c1ccccc1. The zero-order chi connectivity index (χ0) is 22.2. The zero-order valence-electron chi connectivity index (χ0n) is 17.7. The van der Waals surface area contributed by atoms with Crippen molar-refractivity contribution in [1.29, 1.82) is 0 Å². The molecule has 2 N–H and O–H groups in total. The molecule has 32 heavy (non-hydrogen) atoms. The minimum absolute atomic E-state index is 0.0802. The molecular formula is C24H24N6OS. The molecule has 2 aromatic carbocycles. The number of rotatable bonds is 9. The zero-order valence-corrected chi connectivity index (χ0v) is 18.5. The molecule has 0 aliphatic carbocycles. The van der Waals surface area contributed by atoms with E-state index in [9.17, 15) is 4.79 Å². The Morgan fingerprint density at radius 3 is 2.53 bits per heavy atom. The number of carbonyl (C=O) groups excluding carboxylic acids is 1. The topological polar surface area (TPSA) is 84.7 Å². The molecule has 4 aromatic rings. The van der Waals surface area contributed by atoms with E-state index in [1.165, 1.54) is 17.3 Å². The highest BCUT2D eigenvalue weighted by Crippen LogP contribution is 2.24. The standard InChI is InChI=1S/C24H24N6OS/c1-18-9-5-6-12-20(18)26-17-22-28-29-24(30(22)19-10-3-2-4-11-19)32-16-14-23(31)27-21-13-7-8-15-25-21/h2-13,15,26H,14,16-17H2,1H3,(H,25,27,31). The molecule has 1 amide bonds. The summed E-state index contributed by atoms with van der Waals surface area (Å²) in [6.07, 6.45) is 2.00. The van der Waals surface area contributed by atoms with Gasteiger partial charge < -0.3 is 10.6 Å². The lowest BCUT2D eigenvalue weighted by Crippen LogP contribution is -2.13. The van der Waals surface area contributed by atoms with Gasteiger partial charge in [0.2, 0.25) is 5.91 Å². The van der Waals surface area contributed by atoms with Gasteiger partial charge >= 0.3 is 0 Å². The molecular weight excluding hydrogens is 420 g/mol. The molecule has 4 rings (SSSR count). The summed E-state index contributed by atoms with van der Waals surface area (Å²) in [5, 5.41) is 15.8. The summed E-state index contributed by atoms with van der Waals surface area (Å²) in [5.41, 5.74) is 3.22. The second-order valence-electron chi connectivity index (χ2n) is 7.10. The molecule has 0 aliphatic heterocycles. The van der Waals surface area contributed by atoms with E-state index in [0.717, 1.165) is 22.4 Å². The van der Waals surface area contributed by atoms with Crippen LogP contribution in [0.5, 0.6) is 0 Å². The Hall–Kier alpha value is -3.65. The lowest BCUT2D eigenvalue weighted by molar-refractivity contribution is -0.115. The summed E-state index contributed by atoms with van der Waals surface area (Å²) in [7, 11) is 0. The highest BCUT2D eigenvalue weighted by atomic mass is 32.2. The summed E-state index contributed by atoms with van der Waals surface area (Å²) >= 11 is 1.51. The van der Waals surface area contributed by atoms with Crippen LogP contribution < -0.4 is 10.6 Å². The number of amides is 1. The quantitative estimate of drug-likeness (QED) is 0.364. The van der Waals surface area contributed by atoms with Crippen molar-refractivity contribution in [2.75, 3.05) is 16.4 Å². The van der Waals surface area contributed by atoms with E-state index in [4.69, 9.17) is 0 Å². The third-order valence-electron chi connectivity index (χ3n) is 4.79. The van der Waals surface area contributed by atoms with Crippen molar-refractivity contribution in [2.24, 2.45) is 0 Å². The first-order valence-corrected chi connectivity index (χ1v) is 11.3. The van der Waals surface area contributed by atoms with E-state index in [2.05, 4.69) is 44.9 Å². The fourth-order valence-electron chi connectivity index (χ4n) is 3.17. The average molecular weight is 445 g/mol. The van der Waals surface area contributed by atoms with Gasteiger partial charge in [0.15, 0.2) is 11.0 Å². The number of aromatic nitrogens is 4. The van der Waals surface area contributed by atoms with Gasteiger partial charge in [-0.1, -0.05) is 54.2 Å². The van der Waals surface area contributed by atoms with E-state index < -0.39 is 0 Å². The minimum Gasteiger partial charge on any atom is -0.378 e. The van der Waals surface area contributed by atoms with Crippen LogP contribution in [0.2, 0.25) is 0 Å². The highest BCUT2D eigenvalue weighted by Gasteiger charge is 2.15. The molecule has 7 nitrogen and oxygen atoms in total. The van der Waals surface area contributed by atoms with Crippen molar-refractivity contribution in [3.8, 4) is 5.69 Å². The molecule has 0 atom stereocenters. The van der Waals surface area contributed by atoms with Crippen molar-refractivity contribution >= 4 is 29.2 Å². The maximum Gasteiger partial charge on any atom is 0.226 e. The maximum atomic E-state index is 12.2. The molecule has 0 aliphatic rings. The van der Waals surface area contributed by atoms with Gasteiger partial charge in [0.25, 0.3) is 0 Å². The van der Waals surface area contributed by atoms with Crippen LogP contribution in [0.1, 0.15) is 17.8 Å². The summed E-state index contributed by atoms with van der Waals surface area (Å²) in [4.78, 5) is 16.4. The van der Waals surface area contributed by atoms with Crippen LogP contribution in [0.3, 0.4) is 0 Å². The highest BCUT2D eigenvalue weighted by molar-refractivity contribution is 7.99. The number of hydrogen-bond donors (Lipinski definition) is 2. The number of aryl methyl sites for hydroxylation is 1. The van der Waals surface area contributed by atoms with Gasteiger partial charge in [0, 0.05) is 29.7 Å². The number of benzene rings is 2. The normalized spacial score (nSPS) is 10.7. The van der Waals surface area contributed by atoms with Gasteiger partial charge in [-0.25, -0.2) is 4.98 Å². The molecule has 2 heterocycles. The van der Waals surface area contributed by atoms with E-state index in [1.807, 2.05) is 59.2 Å². The van der Waals surface area contributed by atoms with Gasteiger partial charge in [0.05, 0.1) is 6.54 Å². The third kappa shape index (κ3) is 5.53. The largest absolute Gasteiger partial charge is 0.378 e. The predicted octanol–water partition coefficient (Wildman–Crippen LogP) is 4.70. The maximum absolute atomic E-state index is 12.2. The Morgan fingerprint density at radius 1 is 0.969 bits per heavy atom. The van der Waals surface area contributed by atoms with Gasteiger partial charge in [-0.2, -0.15) is 0 Å². The number of thioether (sulfide) groups is 1. The molecule has 2 aromatic heterocycles. The Morgan fingerprint density at radius 2 is 1.75 bits per heavy atom. The molecule has 162 valence electrons. The van der Waals surface area contributed by atoms with Crippen molar-refractivity contribution in [2.45, 2.75) is 25.0 Å². The van der Waals surface area contributed by atoms with E-state index in [1.54, 1.807) is 12.3 Å². The molecule has 8 heteroatoms. The first kappa shape index (κ1) is 21.6. The van der Waals surface area contributed by atoms with Crippen LogP contribution in [0.25, 0.3) is 5.69 Å². The Labute approximate surface area is 191 Å². The summed E-state index contributed by atoms with van der Waals surface area (Å²) in [6.45, 7) is 2.61. The molecule has 0 radical (unpaired) electrons. The van der Waals surface area contributed by atoms with Gasteiger partial charge in [-0.15, -0.1) is 10.2 Å². The fourth-order valence-corrected chi connectivity index (χ4v) is 4.08. The predicted molar refractivity (Wildman–Crippen MR) is 128 cm³/mol. The van der Waals surface area contributed by atoms with Crippen LogP contribution >= 0.6 is 11.8 Å². The average Bonchev–Trinajstić information content (AvgIpc) is 3.22. The molecule has 0 saturated heterocycles. The summed E-state index contributed by atoms with van der Waals surface area (Å²) in [6, 6.07) is 23.6. The summed E-state index contributed by atoms with van der Waals surface area (Å²) in [5.74, 6) is 1.86. The van der Waals surface area contributed by atoms with Gasteiger partial charge in [-0.3, -0.25) is 9.36 Å². The monoisotopic (exact) mass is 444 g/mol. The second kappa shape index (κ2) is 10.6. The number of pyridine rings is 1. The molecule has 0 spiro atoms. The number of carbonyl (C=O) groups is 1. The van der Waals surface area contributed by atoms with Crippen LogP contribution in [0.15, 0.2) is 84.1 Å². The fraction of sp³-hybridized carbons (Fsp3) is 0.167. The number of nitrogens with one attached hydrogen (secondary N) is 2. The van der Waals surface area contributed by atoms with Crippen molar-refractivity contribution in [1.82, 2.24) is 19.7 Å². The minimum atomic E-state index is -0.0802. The van der Waals surface area contributed by atoms with E-state index >= 15 is 0 Å². The van der Waals surface area contributed by atoms with Gasteiger partial charge in [0.1, 0.15) is 5.82 Å². The first-order chi connectivity index (χ1) is 15.7. The lowest BCUT2D eigenvalue weighted by Gasteiger charge is -2.12. The Kier molecular flexibility index (Phi) is 7.14. The Balaban J connectivity index is 1.44. The molecule has 0 saturated carbocycles. The first-order valence-electron chi connectivity index (χ1n) is 10.3. The molecule has 0 fully saturated rings. The number of para-hydroxylation sites is 2. The smallest absolute Gasteiger partial charge is 0.226 e. The second-order valence-corrected chi connectivity index (χ2v) is 8.16. The third-order valence-corrected chi connectivity index (χ3v) is 5.72. The summed E-state index contributed by atoms with van der Waals surface area (Å²) < 4.78 is 2.03. The Bertz CT molecular complexity index is 1160. The van der Waals surface area contributed by atoms with Crippen LogP contribution in [-0.2, 0) is 11.3 Å². The van der Waals surface area contributed by atoms with Crippen molar-refractivity contribution in [3.63, 3.8) is 0 Å². The van der Waals surface area contributed by atoms with Gasteiger partial charge in [-0.05, 0) is 42.8 Å². The number of hydrogen-bond acceptors (Lipinski definition) is 6. The van der Waals surface area contributed by atoms with Crippen LogP contribution in [0, 0.1) is 6.92 Å². The lowest BCUT2D eigenvalue weighted by atomic mass is 10.2. The van der Waals surface area contributed by atoms with Crippen molar-refractivity contribution in [3.05, 3.63) is 90.4 Å². The molecule has 0 unspecified atom stereocenters. The number of anilines is 2. The van der Waals surface area contributed by atoms with E-state index in [0.29, 0.717) is 24.5 Å². The van der Waals surface area contributed by atoms with Crippen LogP contribution in [0.4, 0.5) is 11.5 Å². The van der Waals surface area contributed by atoms with E-state index in [-0.39, 0.29) is 5.91 Å². The molecule has 0 bridgehead atoms. The number of nitrogens with zero attached hydrogens (tertiary/aromatic N) is 4.